The first-order chi connectivity index (χ1) is 5.18. The molecule has 2 rings (SSSR count). The van der Waals surface area contributed by atoms with E-state index >= 15 is 0 Å². The van der Waals surface area contributed by atoms with Gasteiger partial charge >= 0.3 is 0 Å². The zero-order valence-corrected chi connectivity index (χ0v) is 9.23. The van der Waals surface area contributed by atoms with E-state index in [-0.39, 0.29) is 44.5 Å². The van der Waals surface area contributed by atoms with E-state index in [2.05, 4.69) is 16.7 Å². The predicted molar refractivity (Wildman–Crippen MR) is 35.7 cm³/mol. The maximum Gasteiger partial charge on any atom is 0.178 e. The van der Waals surface area contributed by atoms with E-state index in [9.17, 15) is 9.59 Å². The van der Waals surface area contributed by atoms with E-state index in [4.69, 9.17) is 0 Å². The van der Waals surface area contributed by atoms with Crippen LogP contribution in [0.4, 0.5) is 0 Å². The molecule has 2 N–H and O–H groups in total. The second kappa shape index (κ2) is 3.11. The van der Waals surface area contributed by atoms with E-state index < -0.39 is 0 Å². The Morgan fingerprint density at radius 2 is 1.92 bits per heavy atom. The van der Waals surface area contributed by atoms with Gasteiger partial charge in [-0.05, 0) is 18.3 Å². The average molecular weight is 238 g/mol. The summed E-state index contributed by atoms with van der Waals surface area (Å²) in [6, 6.07) is 0. The second-order valence-corrected chi connectivity index (χ2v) is 2.41. The van der Waals surface area contributed by atoms with E-state index in [1.165, 1.54) is 0 Å². The Labute approximate surface area is 94.3 Å². The Morgan fingerprint density at radius 1 is 1.25 bits per heavy atom. The van der Waals surface area contributed by atoms with E-state index in [0.717, 1.165) is 0 Å². The normalized spacial score (nSPS) is 19.6. The van der Waals surface area contributed by atoms with E-state index in [0.29, 0.717) is 17.0 Å². The van der Waals surface area contributed by atoms with Gasteiger partial charge in [0.2, 0.25) is 0 Å². The van der Waals surface area contributed by atoms with Crippen molar-refractivity contribution in [3.63, 3.8) is 0 Å². The monoisotopic (exact) mass is 238 g/mol. The maximum atomic E-state index is 11.0. The molecular weight excluding hydrogens is 233 g/mol. The van der Waals surface area contributed by atoms with Crippen LogP contribution < -0.4 is 10.6 Å². The van der Waals surface area contributed by atoms with E-state index in [1.54, 1.807) is 6.92 Å². The topological polar surface area (TPSA) is 58.2 Å². The zero-order chi connectivity index (χ0) is 8.01. The maximum absolute atomic E-state index is 11.0. The summed E-state index contributed by atoms with van der Waals surface area (Å²) in [5, 5.41) is 5.07. The van der Waals surface area contributed by atoms with E-state index in [1.807, 2.05) is 0 Å². The van der Waals surface area contributed by atoms with Crippen molar-refractivity contribution in [3.8, 4) is 0 Å². The Kier molecular flexibility index (Phi) is 2.49. The summed E-state index contributed by atoms with van der Waals surface area (Å²) in [4.78, 5) is 21.7. The molecular formula is C7H5N2O2Y-. The fourth-order valence-corrected chi connectivity index (χ4v) is 1.13. The van der Waals surface area contributed by atoms with Gasteiger partial charge < -0.3 is 15.4 Å². The van der Waals surface area contributed by atoms with Crippen LogP contribution in [0, 0.1) is 6.08 Å². The Morgan fingerprint density at radius 3 is 2.50 bits per heavy atom. The molecule has 5 heteroatoms. The van der Waals surface area contributed by atoms with Crippen LogP contribution in [-0.4, -0.2) is 11.8 Å². The SMILES string of the molecule is CC1=C2NC(=O)[C-]=C2C(=O)N1.[Y]. The molecule has 0 aromatic carbocycles. The molecule has 0 aromatic rings. The van der Waals surface area contributed by atoms with Crippen LogP contribution in [0.2, 0.25) is 0 Å². The molecule has 2 aliphatic rings. The average Bonchev–Trinajstić information content (AvgIpc) is 2.38. The van der Waals surface area contributed by atoms with Gasteiger partial charge in [0, 0.05) is 32.7 Å². The van der Waals surface area contributed by atoms with Gasteiger partial charge in [0.15, 0.2) is 5.91 Å². The molecule has 0 spiro atoms. The van der Waals surface area contributed by atoms with Crippen LogP contribution in [0.25, 0.3) is 0 Å². The summed E-state index contributed by atoms with van der Waals surface area (Å²) in [5.74, 6) is -0.597. The summed E-state index contributed by atoms with van der Waals surface area (Å²) in [5.41, 5.74) is 1.58. The number of hydrogen-bond acceptors (Lipinski definition) is 2. The van der Waals surface area contributed by atoms with Crippen molar-refractivity contribution in [2.45, 2.75) is 6.92 Å². The molecule has 12 heavy (non-hydrogen) atoms. The van der Waals surface area contributed by atoms with Gasteiger partial charge in [-0.15, -0.1) is 0 Å². The van der Waals surface area contributed by atoms with Crippen molar-refractivity contribution in [2.24, 2.45) is 0 Å². The Bertz CT molecular complexity index is 330. The Balaban J connectivity index is 0.000000720. The van der Waals surface area contributed by atoms with Crippen LogP contribution in [0.5, 0.6) is 0 Å². The third-order valence-corrected chi connectivity index (χ3v) is 1.63. The number of hydrogen-bond donors (Lipinski definition) is 2. The minimum Gasteiger partial charge on any atom is -0.388 e. The predicted octanol–water partition coefficient (Wildman–Crippen LogP) is -0.795. The minimum atomic E-state index is -0.343. The number of nitrogens with one attached hydrogen (secondary N) is 2. The first-order valence-corrected chi connectivity index (χ1v) is 3.16. The molecule has 4 nitrogen and oxygen atoms in total. The first-order valence-electron chi connectivity index (χ1n) is 3.16. The molecule has 59 valence electrons. The fourth-order valence-electron chi connectivity index (χ4n) is 1.13. The molecule has 0 aromatic heterocycles. The quantitative estimate of drug-likeness (QED) is 0.543. The molecule has 0 saturated carbocycles. The van der Waals surface area contributed by atoms with Crippen molar-refractivity contribution in [2.75, 3.05) is 0 Å². The van der Waals surface area contributed by atoms with Crippen molar-refractivity contribution >= 4 is 11.8 Å². The van der Waals surface area contributed by atoms with Gasteiger partial charge in [-0.2, -0.15) is 0 Å². The van der Waals surface area contributed by atoms with Crippen LogP contribution in [0.3, 0.4) is 0 Å². The molecule has 0 unspecified atom stereocenters. The van der Waals surface area contributed by atoms with Crippen LogP contribution in [0.1, 0.15) is 6.92 Å². The third kappa shape index (κ3) is 1.25. The molecule has 2 heterocycles. The van der Waals surface area contributed by atoms with Crippen LogP contribution in [0.15, 0.2) is 17.0 Å². The molecule has 1 radical (unpaired) electrons. The molecule has 0 aliphatic carbocycles. The van der Waals surface area contributed by atoms with Crippen molar-refractivity contribution in [1.82, 2.24) is 10.6 Å². The molecule has 0 saturated heterocycles. The number of fused-ring (bicyclic) bond motifs is 1. The molecule has 0 atom stereocenters. The van der Waals surface area contributed by atoms with Gasteiger partial charge in [-0.25, -0.2) is 0 Å². The van der Waals surface area contributed by atoms with Gasteiger partial charge in [-0.1, -0.05) is 11.6 Å². The van der Waals surface area contributed by atoms with Gasteiger partial charge in [-0.3, -0.25) is 4.79 Å². The summed E-state index contributed by atoms with van der Waals surface area (Å²) in [6.45, 7) is 1.73. The van der Waals surface area contributed by atoms with Crippen molar-refractivity contribution < 1.29 is 42.3 Å². The summed E-state index contributed by atoms with van der Waals surface area (Å²) < 4.78 is 0. The molecule has 2 aliphatic heterocycles. The third-order valence-electron chi connectivity index (χ3n) is 1.63. The van der Waals surface area contributed by atoms with Crippen molar-refractivity contribution in [1.29, 1.82) is 0 Å². The molecule has 0 fully saturated rings. The number of amides is 2. The largest absolute Gasteiger partial charge is 0.388 e. The number of rotatable bonds is 0. The molecule has 2 amide bonds. The number of allylic oxidation sites excluding steroid dienone is 1. The second-order valence-electron chi connectivity index (χ2n) is 2.41. The molecule has 0 bridgehead atoms. The first kappa shape index (κ1) is 9.61. The summed E-state index contributed by atoms with van der Waals surface area (Å²) >= 11 is 0. The van der Waals surface area contributed by atoms with Crippen LogP contribution >= 0.6 is 0 Å². The summed E-state index contributed by atoms with van der Waals surface area (Å²) in [6.07, 6.45) is 2.39. The zero-order valence-electron chi connectivity index (χ0n) is 6.39. The van der Waals surface area contributed by atoms with Gasteiger partial charge in [0.1, 0.15) is 5.91 Å². The van der Waals surface area contributed by atoms with Gasteiger partial charge in [0.25, 0.3) is 0 Å². The Hall–Kier alpha value is -0.476. The number of carbonyl (C=O) groups excluding carboxylic acids is 2. The smallest absolute Gasteiger partial charge is 0.178 e. The van der Waals surface area contributed by atoms with Crippen molar-refractivity contribution in [3.05, 3.63) is 23.0 Å². The minimum absolute atomic E-state index is 0. The van der Waals surface area contributed by atoms with Crippen LogP contribution in [-0.2, 0) is 42.3 Å². The standard InChI is InChI=1S/C7H5N2O2.Y/c1-3-6-4(7(11)8-3)2-5(10)9-6;/h1H3,(H,8,11)(H,9,10);/q-1;. The summed E-state index contributed by atoms with van der Waals surface area (Å²) in [7, 11) is 0. The fraction of sp³-hybridized carbons (Fsp3) is 0.143. The van der Waals surface area contributed by atoms with Gasteiger partial charge in [0.05, 0.1) is 0 Å². The number of carbonyl (C=O) groups is 2.